The second-order valence-electron chi connectivity index (χ2n) is 3.85. The molecule has 0 saturated carbocycles. The molecule has 1 heterocycles. The zero-order chi connectivity index (χ0) is 10.8. The average Bonchev–Trinajstić information content (AvgIpc) is 1.99. The Morgan fingerprint density at radius 1 is 1.71 bits per heavy atom. The van der Waals surface area contributed by atoms with E-state index in [0.717, 1.165) is 6.29 Å². The molecular weight excluding hydrogens is 188 g/mol. The van der Waals surface area contributed by atoms with Gasteiger partial charge in [-0.2, -0.15) is 0 Å². The third kappa shape index (κ3) is 3.08. The summed E-state index contributed by atoms with van der Waals surface area (Å²) in [5, 5.41) is 8.60. The molecule has 80 valence electrons. The van der Waals surface area contributed by atoms with Gasteiger partial charge in [0.15, 0.2) is 6.29 Å². The summed E-state index contributed by atoms with van der Waals surface area (Å²) in [4.78, 5) is 21.1. The third-order valence-electron chi connectivity index (χ3n) is 2.00. The normalized spacial score (nSPS) is 31.0. The third-order valence-corrected chi connectivity index (χ3v) is 2.00. The summed E-state index contributed by atoms with van der Waals surface area (Å²) in [6, 6.07) is 0. The lowest BCUT2D eigenvalue weighted by Gasteiger charge is -2.34. The van der Waals surface area contributed by atoms with Crippen LogP contribution in [0.3, 0.4) is 0 Å². The van der Waals surface area contributed by atoms with E-state index in [1.807, 2.05) is 0 Å². The van der Waals surface area contributed by atoms with Crippen LogP contribution in [-0.4, -0.2) is 40.1 Å². The van der Waals surface area contributed by atoms with E-state index in [1.54, 1.807) is 13.8 Å². The highest BCUT2D eigenvalue weighted by Gasteiger charge is 2.40. The van der Waals surface area contributed by atoms with E-state index in [-0.39, 0.29) is 6.42 Å². The summed E-state index contributed by atoms with van der Waals surface area (Å²) in [7, 11) is 0. The zero-order valence-electron chi connectivity index (χ0n) is 8.27. The second-order valence-corrected chi connectivity index (χ2v) is 3.85. The Morgan fingerprint density at radius 3 is 2.86 bits per heavy atom. The Labute approximate surface area is 82.0 Å². The number of aliphatic carboxylic acids is 1. The molecule has 14 heavy (non-hydrogen) atoms. The Hall–Kier alpha value is -0.940. The van der Waals surface area contributed by atoms with Crippen molar-refractivity contribution in [3.63, 3.8) is 0 Å². The molecule has 1 saturated heterocycles. The molecule has 0 aromatic heterocycles. The second kappa shape index (κ2) is 4.06. The topological polar surface area (TPSA) is 76.4 Å². The van der Waals surface area contributed by atoms with Crippen LogP contribution in [0.4, 0.5) is 0 Å². The first-order valence-electron chi connectivity index (χ1n) is 4.50. The smallest absolute Gasteiger partial charge is 0.305 e. The molecule has 0 aromatic rings. The molecule has 0 unspecified atom stereocenters. The number of ether oxygens (including phenoxy) is 2. The van der Waals surface area contributed by atoms with Crippen molar-refractivity contribution in [2.75, 3.05) is 0 Å². The van der Waals surface area contributed by atoms with Crippen LogP contribution in [0.15, 0.2) is 0 Å². The van der Waals surface area contributed by atoms with Crippen molar-refractivity contribution in [3.8, 4) is 0 Å². The molecule has 5 nitrogen and oxygen atoms in total. The fraction of sp³-hybridized carbons (Fsp3) is 0.778. The molecule has 1 aliphatic rings. The first-order chi connectivity index (χ1) is 6.43. The lowest BCUT2D eigenvalue weighted by Crippen LogP contribution is -2.48. The lowest BCUT2D eigenvalue weighted by molar-refractivity contribution is -0.369. The number of aliphatic hydroxyl groups is 2. The Balaban J connectivity index is 2.60. The highest BCUT2D eigenvalue weighted by atomic mass is 16.7. The van der Waals surface area contributed by atoms with Gasteiger partial charge < -0.3 is 14.6 Å². The molecule has 1 rings (SSSR count). The average molecular weight is 203 g/mol. The van der Waals surface area contributed by atoms with E-state index < -0.39 is 24.0 Å². The van der Waals surface area contributed by atoms with E-state index in [2.05, 4.69) is 4.74 Å². The summed E-state index contributed by atoms with van der Waals surface area (Å²) >= 11 is 0. The Morgan fingerprint density at radius 2 is 2.36 bits per heavy atom. The number of rotatable bonds is 3. The van der Waals surface area contributed by atoms with Crippen molar-refractivity contribution in [2.45, 2.75) is 44.7 Å². The van der Waals surface area contributed by atoms with Gasteiger partial charge in [-0.15, -0.1) is 0 Å². The summed E-state index contributed by atoms with van der Waals surface area (Å²) in [6.45, 7) is 3.44. The number of aldehydes is 1. The van der Waals surface area contributed by atoms with Crippen molar-refractivity contribution < 1.29 is 24.2 Å². The van der Waals surface area contributed by atoms with Gasteiger partial charge in [-0.3, -0.25) is 9.59 Å². The fourth-order valence-electron chi connectivity index (χ4n) is 1.61. The largest absolute Gasteiger partial charge is 0.481 e. The molecular formula is C9H15O5+. The zero-order valence-corrected chi connectivity index (χ0v) is 8.27. The van der Waals surface area contributed by atoms with Crippen LogP contribution in [0.1, 0.15) is 26.7 Å². The minimum absolute atomic E-state index is 0.0801. The van der Waals surface area contributed by atoms with E-state index in [4.69, 9.17) is 9.84 Å². The predicted molar refractivity (Wildman–Crippen MR) is 47.9 cm³/mol. The number of carboxylic acids is 1. The van der Waals surface area contributed by atoms with Gasteiger partial charge in [0.1, 0.15) is 0 Å². The summed E-state index contributed by atoms with van der Waals surface area (Å²) in [6.07, 6.45) is 0.153. The summed E-state index contributed by atoms with van der Waals surface area (Å²) < 4.78 is 9.52. The minimum Gasteiger partial charge on any atom is -0.481 e. The molecule has 2 N–H and O–H groups in total. The van der Waals surface area contributed by atoms with Crippen molar-refractivity contribution in [2.24, 2.45) is 0 Å². The van der Waals surface area contributed by atoms with Crippen molar-refractivity contribution in [3.05, 3.63) is 0 Å². The van der Waals surface area contributed by atoms with E-state index in [0.29, 0.717) is 6.42 Å². The number of hydrogen-bond donors (Lipinski definition) is 1. The van der Waals surface area contributed by atoms with Gasteiger partial charge in [-0.1, -0.05) is 0 Å². The molecule has 2 atom stereocenters. The van der Waals surface area contributed by atoms with E-state index in [1.165, 1.54) is 0 Å². The summed E-state index contributed by atoms with van der Waals surface area (Å²) in [5.74, 6) is -1.68. The van der Waals surface area contributed by atoms with Crippen LogP contribution in [0.25, 0.3) is 0 Å². The van der Waals surface area contributed by atoms with Crippen LogP contribution in [-0.2, 0) is 14.3 Å². The van der Waals surface area contributed by atoms with Gasteiger partial charge in [-0.05, 0) is 0 Å². The maximum atomic E-state index is 10.6. The first kappa shape index (κ1) is 11.1. The van der Waals surface area contributed by atoms with Gasteiger partial charge in [0.2, 0.25) is 6.10 Å². The minimum atomic E-state index is -0.919. The maximum absolute atomic E-state index is 10.6. The highest BCUT2D eigenvalue weighted by Crippen LogP contribution is 2.24. The lowest BCUT2D eigenvalue weighted by atomic mass is 10.1. The van der Waals surface area contributed by atoms with Gasteiger partial charge in [-0.25, -0.2) is 0 Å². The molecule has 1 aliphatic heterocycles. The number of carbonyl (C=O) groups is 2. The quantitative estimate of drug-likeness (QED) is 0.520. The predicted octanol–water partition coefficient (Wildman–Crippen LogP) is 0.0816. The first-order valence-corrected chi connectivity index (χ1v) is 4.50. The number of carboxylic acid groups (broad SMARTS) is 1. The van der Waals surface area contributed by atoms with E-state index >= 15 is 0 Å². The van der Waals surface area contributed by atoms with Crippen molar-refractivity contribution in [1.82, 2.24) is 0 Å². The molecule has 0 amide bonds. The molecule has 5 heteroatoms. The maximum Gasteiger partial charge on any atom is 0.305 e. The highest BCUT2D eigenvalue weighted by molar-refractivity contribution is 5.67. The van der Waals surface area contributed by atoms with Crippen molar-refractivity contribution >= 4 is 12.3 Å². The molecule has 0 aromatic carbocycles. The summed E-state index contributed by atoms with van der Waals surface area (Å²) in [5.41, 5.74) is 0. The molecule has 0 radical (unpaired) electrons. The van der Waals surface area contributed by atoms with Crippen LogP contribution in [0, 0.1) is 0 Å². The number of carbonyl (C=O) groups excluding carboxylic acids is 1. The van der Waals surface area contributed by atoms with Crippen LogP contribution in [0.5, 0.6) is 0 Å². The fourth-order valence-corrected chi connectivity index (χ4v) is 1.61. The van der Waals surface area contributed by atoms with Gasteiger partial charge in [0.05, 0.1) is 18.9 Å². The van der Waals surface area contributed by atoms with E-state index in [9.17, 15) is 9.59 Å². The standard InChI is InChI=1S/C9H14O5/c1-9(2)13-6(4-8(11)12)3-7(5-10)14-9/h5-7H,3-4H2,1-2H3,(H,11,12)/p+1/t6-,7+/m1/s1. The molecule has 0 spiro atoms. The molecule has 0 aliphatic carbocycles. The SMILES string of the molecule is CC1(C)O[C@@H](CC(=O)O)C[C@@H](C=O)[OH+]1. The molecule has 1 fully saturated rings. The molecule has 0 bridgehead atoms. The van der Waals surface area contributed by atoms with Gasteiger partial charge in [0, 0.05) is 13.8 Å². The van der Waals surface area contributed by atoms with Gasteiger partial charge >= 0.3 is 5.97 Å². The van der Waals surface area contributed by atoms with Crippen LogP contribution >= 0.6 is 0 Å². The Bertz CT molecular complexity index is 235. The monoisotopic (exact) mass is 203 g/mol. The van der Waals surface area contributed by atoms with Crippen LogP contribution in [0.2, 0.25) is 0 Å². The Kier molecular flexibility index (Phi) is 3.23. The van der Waals surface area contributed by atoms with Crippen LogP contribution < -0.4 is 0 Å². The number of hydrogen-bond acceptors (Lipinski definition) is 3. The van der Waals surface area contributed by atoms with Gasteiger partial charge in [0.25, 0.3) is 5.79 Å². The van der Waals surface area contributed by atoms with Crippen molar-refractivity contribution in [1.29, 1.82) is 0 Å².